The van der Waals surface area contributed by atoms with E-state index in [-0.39, 0.29) is 22.0 Å². The first-order chi connectivity index (χ1) is 12.7. The van der Waals surface area contributed by atoms with Crippen molar-refractivity contribution < 1.29 is 18.4 Å². The van der Waals surface area contributed by atoms with Gasteiger partial charge in [0.2, 0.25) is 0 Å². The SMILES string of the molecule is CC(C)N1C(=O)C(Nc2ccc(F)c(F)c2)=C(c2ccc(Cl)cc2Cl)C1=O. The van der Waals surface area contributed by atoms with E-state index >= 15 is 0 Å². The highest BCUT2D eigenvalue weighted by atomic mass is 35.5. The maximum absolute atomic E-state index is 13.5. The van der Waals surface area contributed by atoms with Gasteiger partial charge in [-0.1, -0.05) is 29.3 Å². The molecule has 0 aromatic heterocycles. The van der Waals surface area contributed by atoms with E-state index in [0.29, 0.717) is 10.6 Å². The maximum atomic E-state index is 13.5. The third kappa shape index (κ3) is 3.55. The summed E-state index contributed by atoms with van der Waals surface area (Å²) >= 11 is 12.1. The topological polar surface area (TPSA) is 49.4 Å². The van der Waals surface area contributed by atoms with Crippen LogP contribution in [0.5, 0.6) is 0 Å². The van der Waals surface area contributed by atoms with Crippen LogP contribution < -0.4 is 5.32 Å². The van der Waals surface area contributed by atoms with Crippen LogP contribution in [0.2, 0.25) is 10.0 Å². The summed E-state index contributed by atoms with van der Waals surface area (Å²) in [5.74, 6) is -3.22. The number of nitrogens with one attached hydrogen (secondary N) is 1. The molecule has 0 fully saturated rings. The van der Waals surface area contributed by atoms with Gasteiger partial charge in [0.25, 0.3) is 11.8 Å². The van der Waals surface area contributed by atoms with Crippen LogP contribution in [0.1, 0.15) is 19.4 Å². The van der Waals surface area contributed by atoms with Crippen molar-refractivity contribution in [2.45, 2.75) is 19.9 Å². The summed E-state index contributed by atoms with van der Waals surface area (Å²) in [4.78, 5) is 26.8. The summed E-state index contributed by atoms with van der Waals surface area (Å²) in [6.45, 7) is 3.38. The molecule has 8 heteroatoms. The average molecular weight is 411 g/mol. The minimum absolute atomic E-state index is 0.0418. The van der Waals surface area contributed by atoms with Gasteiger partial charge >= 0.3 is 0 Å². The van der Waals surface area contributed by atoms with Crippen molar-refractivity contribution in [3.63, 3.8) is 0 Å². The lowest BCUT2D eigenvalue weighted by atomic mass is 10.0. The van der Waals surface area contributed by atoms with E-state index in [2.05, 4.69) is 5.32 Å². The number of carbonyl (C=O) groups is 2. The van der Waals surface area contributed by atoms with Crippen molar-refractivity contribution in [2.75, 3.05) is 5.32 Å². The van der Waals surface area contributed by atoms with Gasteiger partial charge in [-0.3, -0.25) is 14.5 Å². The fraction of sp³-hybridized carbons (Fsp3) is 0.158. The first-order valence-electron chi connectivity index (χ1n) is 8.00. The summed E-state index contributed by atoms with van der Waals surface area (Å²) < 4.78 is 26.7. The van der Waals surface area contributed by atoms with Gasteiger partial charge < -0.3 is 5.32 Å². The molecule has 4 nitrogen and oxygen atoms in total. The molecular weight excluding hydrogens is 397 g/mol. The standard InChI is InChI=1S/C19H14Cl2F2N2O2/c1-9(2)25-18(26)16(12-5-3-10(20)7-13(12)21)17(19(25)27)24-11-4-6-14(22)15(23)8-11/h3-9,24H,1-2H3. The quantitative estimate of drug-likeness (QED) is 0.731. The third-order valence-corrected chi connectivity index (χ3v) is 4.57. The highest BCUT2D eigenvalue weighted by molar-refractivity contribution is 6.41. The highest BCUT2D eigenvalue weighted by Crippen LogP contribution is 2.36. The second-order valence-corrected chi connectivity index (χ2v) is 7.05. The molecule has 1 N–H and O–H groups in total. The van der Waals surface area contributed by atoms with Gasteiger partial charge in [-0.2, -0.15) is 0 Å². The summed E-state index contributed by atoms with van der Waals surface area (Å²) in [7, 11) is 0. The van der Waals surface area contributed by atoms with Gasteiger partial charge in [-0.15, -0.1) is 0 Å². The Morgan fingerprint density at radius 2 is 1.67 bits per heavy atom. The normalized spacial score (nSPS) is 14.6. The lowest BCUT2D eigenvalue weighted by Gasteiger charge is -2.19. The van der Waals surface area contributed by atoms with E-state index in [9.17, 15) is 18.4 Å². The molecule has 140 valence electrons. The molecular formula is C19H14Cl2F2N2O2. The molecule has 0 unspecified atom stereocenters. The second-order valence-electron chi connectivity index (χ2n) is 6.20. The fourth-order valence-corrected chi connectivity index (χ4v) is 3.30. The molecule has 0 saturated carbocycles. The van der Waals surface area contributed by atoms with Gasteiger partial charge in [0, 0.05) is 28.4 Å². The number of hydrogen-bond donors (Lipinski definition) is 1. The first kappa shape index (κ1) is 19.3. The van der Waals surface area contributed by atoms with Crippen LogP contribution in [0.3, 0.4) is 0 Å². The predicted molar refractivity (Wildman–Crippen MR) is 100 cm³/mol. The zero-order valence-electron chi connectivity index (χ0n) is 14.3. The summed E-state index contributed by atoms with van der Waals surface area (Å²) in [6.07, 6.45) is 0. The van der Waals surface area contributed by atoms with E-state index in [1.54, 1.807) is 19.9 Å². The number of nitrogens with zero attached hydrogens (tertiary/aromatic N) is 1. The fourth-order valence-electron chi connectivity index (χ4n) is 2.79. The Bertz CT molecular complexity index is 990. The summed E-state index contributed by atoms with van der Waals surface area (Å²) in [5, 5.41) is 3.29. The number of halogens is 4. The van der Waals surface area contributed by atoms with Gasteiger partial charge in [0.05, 0.1) is 10.6 Å². The van der Waals surface area contributed by atoms with Gasteiger partial charge in [0.15, 0.2) is 11.6 Å². The zero-order valence-corrected chi connectivity index (χ0v) is 15.8. The highest BCUT2D eigenvalue weighted by Gasteiger charge is 2.41. The van der Waals surface area contributed by atoms with E-state index < -0.39 is 29.5 Å². The molecule has 1 heterocycles. The van der Waals surface area contributed by atoms with Crippen molar-refractivity contribution in [1.82, 2.24) is 4.90 Å². The van der Waals surface area contributed by atoms with Gasteiger partial charge in [-0.25, -0.2) is 8.78 Å². The number of amides is 2. The monoisotopic (exact) mass is 410 g/mol. The van der Waals surface area contributed by atoms with Crippen LogP contribution >= 0.6 is 23.2 Å². The largest absolute Gasteiger partial charge is 0.350 e. The number of rotatable bonds is 4. The molecule has 1 aliphatic rings. The van der Waals surface area contributed by atoms with Crippen LogP contribution in [0, 0.1) is 11.6 Å². The lowest BCUT2D eigenvalue weighted by Crippen LogP contribution is -2.38. The number of anilines is 1. The van der Waals surface area contributed by atoms with Crippen LogP contribution in [0.25, 0.3) is 5.57 Å². The number of imide groups is 1. The van der Waals surface area contributed by atoms with E-state index in [0.717, 1.165) is 17.0 Å². The maximum Gasteiger partial charge on any atom is 0.278 e. The van der Waals surface area contributed by atoms with Gasteiger partial charge in [-0.05, 0) is 38.1 Å². The second kappa shape index (κ2) is 7.29. The Hall–Kier alpha value is -2.44. The molecule has 27 heavy (non-hydrogen) atoms. The van der Waals surface area contributed by atoms with Crippen LogP contribution in [-0.4, -0.2) is 22.8 Å². The van der Waals surface area contributed by atoms with Crippen molar-refractivity contribution >= 4 is 46.3 Å². The molecule has 0 spiro atoms. The molecule has 0 aliphatic carbocycles. The van der Waals surface area contributed by atoms with Crippen LogP contribution in [0.4, 0.5) is 14.5 Å². The Kier molecular flexibility index (Phi) is 5.22. The number of benzene rings is 2. The van der Waals surface area contributed by atoms with E-state index in [1.807, 2.05) is 0 Å². The molecule has 2 aromatic rings. The van der Waals surface area contributed by atoms with Crippen molar-refractivity contribution in [1.29, 1.82) is 0 Å². The van der Waals surface area contributed by atoms with Crippen molar-refractivity contribution in [3.05, 3.63) is 69.3 Å². The van der Waals surface area contributed by atoms with E-state index in [4.69, 9.17) is 23.2 Å². The average Bonchev–Trinajstić information content (AvgIpc) is 2.82. The molecule has 3 rings (SSSR count). The molecule has 0 atom stereocenters. The molecule has 0 radical (unpaired) electrons. The lowest BCUT2D eigenvalue weighted by molar-refractivity contribution is -0.138. The summed E-state index contributed by atoms with van der Waals surface area (Å²) in [5.41, 5.74) is 0.412. The Morgan fingerprint density at radius 1 is 0.963 bits per heavy atom. The first-order valence-corrected chi connectivity index (χ1v) is 8.76. The van der Waals surface area contributed by atoms with Crippen LogP contribution in [0.15, 0.2) is 42.1 Å². The Morgan fingerprint density at radius 3 is 2.26 bits per heavy atom. The third-order valence-electron chi connectivity index (χ3n) is 4.02. The smallest absolute Gasteiger partial charge is 0.278 e. The molecule has 2 amide bonds. The number of hydrogen-bond acceptors (Lipinski definition) is 3. The minimum atomic E-state index is -1.08. The summed E-state index contributed by atoms with van der Waals surface area (Å²) in [6, 6.07) is 7.21. The van der Waals surface area contributed by atoms with Crippen molar-refractivity contribution in [3.8, 4) is 0 Å². The van der Waals surface area contributed by atoms with Crippen molar-refractivity contribution in [2.24, 2.45) is 0 Å². The predicted octanol–water partition coefficient (Wildman–Crippen LogP) is 4.87. The Balaban J connectivity index is 2.15. The Labute approximate surface area is 164 Å². The molecule has 0 saturated heterocycles. The van der Waals surface area contributed by atoms with E-state index in [1.165, 1.54) is 18.2 Å². The molecule has 0 bridgehead atoms. The number of carbonyl (C=O) groups excluding carboxylic acids is 2. The zero-order chi connectivity index (χ0) is 19.9. The minimum Gasteiger partial charge on any atom is -0.350 e. The van der Waals surface area contributed by atoms with Crippen LogP contribution in [-0.2, 0) is 9.59 Å². The molecule has 2 aromatic carbocycles. The van der Waals surface area contributed by atoms with Gasteiger partial charge in [0.1, 0.15) is 5.70 Å². The molecule has 1 aliphatic heterocycles.